The summed E-state index contributed by atoms with van der Waals surface area (Å²) in [4.78, 5) is 0. The van der Waals surface area contributed by atoms with Crippen LogP contribution in [0.2, 0.25) is 0 Å². The Bertz CT molecular complexity index is 301. The van der Waals surface area contributed by atoms with Gasteiger partial charge in [0.05, 0.1) is 0 Å². The van der Waals surface area contributed by atoms with E-state index in [1.807, 2.05) is 0 Å². The van der Waals surface area contributed by atoms with Crippen LogP contribution in [0.25, 0.3) is 0 Å². The molecule has 0 saturated heterocycles. The van der Waals surface area contributed by atoms with Crippen molar-refractivity contribution < 1.29 is 0 Å². The van der Waals surface area contributed by atoms with Crippen LogP contribution in [0.1, 0.15) is 36.3 Å². The summed E-state index contributed by atoms with van der Waals surface area (Å²) < 4.78 is 0. The maximum absolute atomic E-state index is 2.34. The summed E-state index contributed by atoms with van der Waals surface area (Å²) in [6.07, 6.45) is 5.71. The summed E-state index contributed by atoms with van der Waals surface area (Å²) >= 11 is 0. The van der Waals surface area contributed by atoms with Crippen molar-refractivity contribution in [2.45, 2.75) is 31.6 Å². The molecule has 1 fully saturated rings. The van der Waals surface area contributed by atoms with Crippen molar-refractivity contribution in [2.75, 3.05) is 0 Å². The van der Waals surface area contributed by atoms with Crippen LogP contribution < -0.4 is 0 Å². The van der Waals surface area contributed by atoms with Gasteiger partial charge < -0.3 is 0 Å². The Morgan fingerprint density at radius 2 is 1.92 bits per heavy atom. The first-order valence-corrected chi connectivity index (χ1v) is 5.03. The minimum absolute atomic E-state index is 0.940. The highest BCUT2D eigenvalue weighted by Crippen LogP contribution is 2.49. The average molecular weight is 158 g/mol. The molecule has 0 nitrogen and oxygen atoms in total. The fourth-order valence-electron chi connectivity index (χ4n) is 2.79. The topological polar surface area (TPSA) is 0 Å². The first kappa shape index (κ1) is 6.71. The van der Waals surface area contributed by atoms with Crippen LogP contribution in [0.4, 0.5) is 0 Å². The molecule has 1 saturated carbocycles. The van der Waals surface area contributed by atoms with Crippen LogP contribution in [-0.4, -0.2) is 0 Å². The first-order valence-electron chi connectivity index (χ1n) is 5.03. The zero-order valence-electron chi connectivity index (χ0n) is 7.29. The van der Waals surface area contributed by atoms with E-state index in [0.29, 0.717) is 0 Å². The Morgan fingerprint density at radius 3 is 2.75 bits per heavy atom. The van der Waals surface area contributed by atoms with E-state index in [-0.39, 0.29) is 0 Å². The summed E-state index contributed by atoms with van der Waals surface area (Å²) in [6, 6.07) is 9.02. The van der Waals surface area contributed by atoms with Gasteiger partial charge in [-0.2, -0.15) is 0 Å². The molecule has 0 radical (unpaired) electrons. The smallest absolute Gasteiger partial charge is 0.0131 e. The fourth-order valence-corrected chi connectivity index (χ4v) is 2.79. The Labute approximate surface area is 73.6 Å². The van der Waals surface area contributed by atoms with Crippen molar-refractivity contribution in [3.8, 4) is 0 Å². The minimum atomic E-state index is 0.940. The molecule has 0 aromatic heterocycles. The SMILES string of the molecule is c1ccc2c(c1)CC[C@H]1CCC21. The molecule has 2 aliphatic carbocycles. The van der Waals surface area contributed by atoms with Gasteiger partial charge in [0.25, 0.3) is 0 Å². The van der Waals surface area contributed by atoms with Gasteiger partial charge in [-0.05, 0) is 48.6 Å². The largest absolute Gasteiger partial charge is 0.0620 e. The van der Waals surface area contributed by atoms with E-state index in [1.54, 1.807) is 11.1 Å². The summed E-state index contributed by atoms with van der Waals surface area (Å²) in [6.45, 7) is 0. The third-order valence-corrected chi connectivity index (χ3v) is 3.66. The molecular weight excluding hydrogens is 144 g/mol. The molecule has 2 aliphatic rings. The number of hydrogen-bond donors (Lipinski definition) is 0. The molecule has 0 heteroatoms. The average Bonchev–Trinajstić information content (AvgIpc) is 2.05. The minimum Gasteiger partial charge on any atom is -0.0620 e. The fraction of sp³-hybridized carbons (Fsp3) is 0.500. The van der Waals surface area contributed by atoms with E-state index >= 15 is 0 Å². The van der Waals surface area contributed by atoms with Crippen LogP contribution in [0.15, 0.2) is 24.3 Å². The second-order valence-electron chi connectivity index (χ2n) is 4.18. The van der Waals surface area contributed by atoms with Gasteiger partial charge in [-0.1, -0.05) is 24.3 Å². The lowest BCUT2D eigenvalue weighted by Crippen LogP contribution is -2.28. The maximum atomic E-state index is 2.34. The number of rotatable bonds is 0. The maximum Gasteiger partial charge on any atom is -0.0131 e. The van der Waals surface area contributed by atoms with Gasteiger partial charge in [0, 0.05) is 0 Å². The van der Waals surface area contributed by atoms with E-state index in [4.69, 9.17) is 0 Å². The van der Waals surface area contributed by atoms with Crippen molar-refractivity contribution in [2.24, 2.45) is 5.92 Å². The van der Waals surface area contributed by atoms with Crippen LogP contribution in [0.5, 0.6) is 0 Å². The first-order chi connectivity index (χ1) is 5.95. The molecule has 1 unspecified atom stereocenters. The van der Waals surface area contributed by atoms with Crippen LogP contribution in [0.3, 0.4) is 0 Å². The Hall–Kier alpha value is -0.780. The van der Waals surface area contributed by atoms with Crippen molar-refractivity contribution in [3.63, 3.8) is 0 Å². The summed E-state index contributed by atoms with van der Waals surface area (Å²) in [5.41, 5.74) is 3.29. The lowest BCUT2D eigenvalue weighted by Gasteiger charge is -2.42. The molecule has 1 aromatic carbocycles. The van der Waals surface area contributed by atoms with Gasteiger partial charge in [-0.3, -0.25) is 0 Å². The predicted octanol–water partition coefficient (Wildman–Crippen LogP) is 3.13. The van der Waals surface area contributed by atoms with Crippen molar-refractivity contribution >= 4 is 0 Å². The molecule has 62 valence electrons. The lowest BCUT2D eigenvalue weighted by molar-refractivity contribution is 0.224. The van der Waals surface area contributed by atoms with E-state index < -0.39 is 0 Å². The third-order valence-electron chi connectivity index (χ3n) is 3.66. The monoisotopic (exact) mass is 158 g/mol. The molecule has 0 aliphatic heterocycles. The lowest BCUT2D eigenvalue weighted by atomic mass is 9.63. The number of fused-ring (bicyclic) bond motifs is 3. The highest BCUT2D eigenvalue weighted by Gasteiger charge is 2.35. The second-order valence-corrected chi connectivity index (χ2v) is 4.18. The van der Waals surface area contributed by atoms with Crippen LogP contribution in [0, 0.1) is 5.92 Å². The van der Waals surface area contributed by atoms with Crippen molar-refractivity contribution in [1.82, 2.24) is 0 Å². The third kappa shape index (κ3) is 0.782. The van der Waals surface area contributed by atoms with Gasteiger partial charge in [0.2, 0.25) is 0 Å². The van der Waals surface area contributed by atoms with Gasteiger partial charge in [0.15, 0.2) is 0 Å². The molecule has 12 heavy (non-hydrogen) atoms. The summed E-state index contributed by atoms with van der Waals surface area (Å²) in [5, 5.41) is 0. The Morgan fingerprint density at radius 1 is 1.00 bits per heavy atom. The van der Waals surface area contributed by atoms with E-state index in [2.05, 4.69) is 24.3 Å². The highest BCUT2D eigenvalue weighted by atomic mass is 14.4. The van der Waals surface area contributed by atoms with Crippen molar-refractivity contribution in [3.05, 3.63) is 35.4 Å². The van der Waals surface area contributed by atoms with E-state index in [1.165, 1.54) is 25.7 Å². The number of benzene rings is 1. The molecule has 0 spiro atoms. The van der Waals surface area contributed by atoms with Gasteiger partial charge in [-0.15, -0.1) is 0 Å². The summed E-state index contributed by atoms with van der Waals surface area (Å²) in [7, 11) is 0. The quantitative estimate of drug-likeness (QED) is 0.544. The molecule has 3 rings (SSSR count). The highest BCUT2D eigenvalue weighted by molar-refractivity contribution is 5.34. The normalized spacial score (nSPS) is 31.7. The molecule has 0 N–H and O–H groups in total. The van der Waals surface area contributed by atoms with Crippen LogP contribution in [-0.2, 0) is 6.42 Å². The van der Waals surface area contributed by atoms with Gasteiger partial charge >= 0.3 is 0 Å². The predicted molar refractivity (Wildman–Crippen MR) is 50.2 cm³/mol. The van der Waals surface area contributed by atoms with Crippen LogP contribution >= 0.6 is 0 Å². The van der Waals surface area contributed by atoms with E-state index in [0.717, 1.165) is 11.8 Å². The molecule has 2 atom stereocenters. The zero-order chi connectivity index (χ0) is 7.97. The molecule has 0 heterocycles. The Balaban J connectivity index is 2.07. The van der Waals surface area contributed by atoms with E-state index in [9.17, 15) is 0 Å². The summed E-state index contributed by atoms with van der Waals surface area (Å²) in [5.74, 6) is 1.98. The van der Waals surface area contributed by atoms with Gasteiger partial charge in [-0.25, -0.2) is 0 Å². The molecule has 1 aromatic rings. The second kappa shape index (κ2) is 2.35. The van der Waals surface area contributed by atoms with Gasteiger partial charge in [0.1, 0.15) is 0 Å². The number of hydrogen-bond acceptors (Lipinski definition) is 0. The molecule has 0 amide bonds. The number of aryl methyl sites for hydroxylation is 1. The molecule has 0 bridgehead atoms. The Kier molecular flexibility index (Phi) is 1.31. The zero-order valence-corrected chi connectivity index (χ0v) is 7.29. The molecular formula is C12H14. The standard InChI is InChI=1S/C12H14/c1-2-4-11-9(3-1)5-6-10-7-8-12(10)11/h1-4,10,12H,5-8H2/t10-,12?/m0/s1. The van der Waals surface area contributed by atoms with Crippen molar-refractivity contribution in [1.29, 1.82) is 0 Å².